The second kappa shape index (κ2) is 5.51. The van der Waals surface area contributed by atoms with Crippen LogP contribution in [0.2, 0.25) is 0 Å². The lowest BCUT2D eigenvalue weighted by molar-refractivity contribution is -0.122. The van der Waals surface area contributed by atoms with Crippen molar-refractivity contribution in [2.24, 2.45) is 5.10 Å². The lowest BCUT2D eigenvalue weighted by atomic mass is 9.92. The lowest BCUT2D eigenvalue weighted by Crippen LogP contribution is -2.67. The van der Waals surface area contributed by atoms with Crippen LogP contribution in [0.5, 0.6) is 5.75 Å². The zero-order chi connectivity index (χ0) is 16.5. The molecule has 1 aromatic carbocycles. The largest absolute Gasteiger partial charge is 0.483 e. The maximum atomic E-state index is 12.1. The summed E-state index contributed by atoms with van der Waals surface area (Å²) in [6.45, 7) is 7.65. The van der Waals surface area contributed by atoms with Gasteiger partial charge in [0, 0.05) is 25.3 Å². The SMILES string of the molecule is C[C@@H]1C(=O)NN=C2COc3cc4c(cc3N21)N(C1(C)CNC1)CC4.Cl. The minimum absolute atomic E-state index is 0. The molecule has 25 heavy (non-hydrogen) atoms. The van der Waals surface area contributed by atoms with Gasteiger partial charge in [0.05, 0.1) is 11.2 Å². The first-order valence-electron chi connectivity index (χ1n) is 8.51. The normalized spacial score (nSPS) is 25.4. The molecular formula is C17H22ClN5O2. The summed E-state index contributed by atoms with van der Waals surface area (Å²) in [6.07, 6.45) is 1.04. The van der Waals surface area contributed by atoms with Gasteiger partial charge in [0.25, 0.3) is 5.91 Å². The second-order valence-electron chi connectivity index (χ2n) is 7.29. The Morgan fingerprint density at radius 1 is 1.32 bits per heavy atom. The molecule has 0 bridgehead atoms. The van der Waals surface area contributed by atoms with Crippen molar-refractivity contribution < 1.29 is 9.53 Å². The first-order chi connectivity index (χ1) is 11.6. The number of hydrogen-bond donors (Lipinski definition) is 2. The fourth-order valence-electron chi connectivity index (χ4n) is 4.15. The average Bonchev–Trinajstić information content (AvgIpc) is 2.97. The van der Waals surface area contributed by atoms with E-state index < -0.39 is 0 Å². The van der Waals surface area contributed by atoms with E-state index in [0.29, 0.717) is 6.61 Å². The van der Waals surface area contributed by atoms with Crippen LogP contribution in [-0.2, 0) is 11.2 Å². The maximum Gasteiger partial charge on any atom is 0.262 e. The summed E-state index contributed by atoms with van der Waals surface area (Å²) < 4.78 is 5.91. The molecule has 1 amide bonds. The number of carbonyl (C=O) groups excluding carboxylic acids is 1. The number of hydrogen-bond acceptors (Lipinski definition) is 6. The van der Waals surface area contributed by atoms with Crippen molar-refractivity contribution in [1.82, 2.24) is 10.7 Å². The molecule has 4 heterocycles. The van der Waals surface area contributed by atoms with Crippen LogP contribution in [0.15, 0.2) is 17.2 Å². The monoisotopic (exact) mass is 363 g/mol. The van der Waals surface area contributed by atoms with Gasteiger partial charge in [-0.1, -0.05) is 0 Å². The number of nitrogens with one attached hydrogen (secondary N) is 2. The molecular weight excluding hydrogens is 342 g/mol. The third-order valence-electron chi connectivity index (χ3n) is 5.68. The van der Waals surface area contributed by atoms with Gasteiger partial charge in [0.2, 0.25) is 0 Å². The van der Waals surface area contributed by atoms with Crippen molar-refractivity contribution in [3.63, 3.8) is 0 Å². The Kier molecular flexibility index (Phi) is 3.63. The van der Waals surface area contributed by atoms with E-state index in [9.17, 15) is 4.79 Å². The lowest BCUT2D eigenvalue weighted by Gasteiger charge is -2.48. The molecule has 1 atom stereocenters. The van der Waals surface area contributed by atoms with E-state index >= 15 is 0 Å². The van der Waals surface area contributed by atoms with Crippen LogP contribution in [0.1, 0.15) is 19.4 Å². The second-order valence-corrected chi connectivity index (χ2v) is 7.29. The third-order valence-corrected chi connectivity index (χ3v) is 5.68. The summed E-state index contributed by atoms with van der Waals surface area (Å²) in [5.41, 5.74) is 6.29. The zero-order valence-electron chi connectivity index (χ0n) is 14.3. The topological polar surface area (TPSA) is 69.2 Å². The molecule has 0 radical (unpaired) electrons. The number of fused-ring (bicyclic) bond motifs is 4. The number of anilines is 2. The summed E-state index contributed by atoms with van der Waals surface area (Å²) in [4.78, 5) is 16.6. The minimum atomic E-state index is -0.283. The van der Waals surface area contributed by atoms with Gasteiger partial charge >= 0.3 is 0 Å². The molecule has 2 N–H and O–H groups in total. The fourth-order valence-corrected chi connectivity index (χ4v) is 4.15. The number of amides is 1. The zero-order valence-corrected chi connectivity index (χ0v) is 15.2. The van der Waals surface area contributed by atoms with Crippen molar-refractivity contribution in [3.05, 3.63) is 17.7 Å². The number of nitrogens with zero attached hydrogens (tertiary/aromatic N) is 3. The number of rotatable bonds is 1. The van der Waals surface area contributed by atoms with E-state index in [2.05, 4.69) is 39.8 Å². The quantitative estimate of drug-likeness (QED) is 0.774. The summed E-state index contributed by atoms with van der Waals surface area (Å²) in [6, 6.07) is 4.05. The molecule has 0 aliphatic carbocycles. The molecule has 4 aliphatic heterocycles. The minimum Gasteiger partial charge on any atom is -0.483 e. The summed E-state index contributed by atoms with van der Waals surface area (Å²) >= 11 is 0. The fraction of sp³-hybridized carbons (Fsp3) is 0.529. The van der Waals surface area contributed by atoms with Crippen molar-refractivity contribution in [2.75, 3.05) is 36.0 Å². The van der Waals surface area contributed by atoms with E-state index in [1.807, 2.05) is 11.8 Å². The van der Waals surface area contributed by atoms with Crippen LogP contribution in [0.3, 0.4) is 0 Å². The van der Waals surface area contributed by atoms with Crippen LogP contribution >= 0.6 is 12.4 Å². The molecule has 134 valence electrons. The predicted octanol–water partition coefficient (Wildman–Crippen LogP) is 0.863. The Morgan fingerprint density at radius 3 is 2.84 bits per heavy atom. The molecule has 0 spiro atoms. The van der Waals surface area contributed by atoms with Gasteiger partial charge in [0.1, 0.15) is 18.4 Å². The Hall–Kier alpha value is -1.99. The number of amidine groups is 1. The average molecular weight is 364 g/mol. The van der Waals surface area contributed by atoms with Gasteiger partial charge < -0.3 is 19.9 Å². The highest BCUT2D eigenvalue weighted by Gasteiger charge is 2.42. The standard InChI is InChI=1S/C17H21N5O2.ClH/c1-10-16(23)20-19-15-7-24-14-5-11-3-4-21(17(2)8-18-9-17)12(11)6-13(14)22(10)15;/h5-6,10,18H,3-4,7-9H2,1-2H3,(H,20,23);1H/t10-;/m1./s1. The highest BCUT2D eigenvalue weighted by Crippen LogP contribution is 2.44. The van der Waals surface area contributed by atoms with Gasteiger partial charge in [-0.05, 0) is 38.0 Å². The van der Waals surface area contributed by atoms with E-state index in [-0.39, 0.29) is 29.9 Å². The van der Waals surface area contributed by atoms with Crippen molar-refractivity contribution >= 4 is 35.5 Å². The Bertz CT molecular complexity index is 777. The third kappa shape index (κ3) is 2.22. The number of ether oxygens (including phenoxy) is 1. The Labute approximate surface area is 152 Å². The summed E-state index contributed by atoms with van der Waals surface area (Å²) in [5, 5.41) is 7.55. The number of halogens is 1. The van der Waals surface area contributed by atoms with Gasteiger partial charge in [-0.2, -0.15) is 5.10 Å². The molecule has 4 aliphatic rings. The number of hydrazone groups is 1. The van der Waals surface area contributed by atoms with Crippen LogP contribution in [-0.4, -0.2) is 49.6 Å². The smallest absolute Gasteiger partial charge is 0.262 e. The molecule has 1 fully saturated rings. The van der Waals surface area contributed by atoms with Crippen LogP contribution in [0.4, 0.5) is 11.4 Å². The van der Waals surface area contributed by atoms with Crippen molar-refractivity contribution in [1.29, 1.82) is 0 Å². The molecule has 0 aromatic heterocycles. The molecule has 0 saturated carbocycles. The molecule has 5 rings (SSSR count). The van der Waals surface area contributed by atoms with Crippen molar-refractivity contribution in [2.45, 2.75) is 31.8 Å². The molecule has 1 saturated heterocycles. The summed E-state index contributed by atoms with van der Waals surface area (Å²) in [5.74, 6) is 1.53. The first-order valence-corrected chi connectivity index (χ1v) is 8.51. The molecule has 7 nitrogen and oxygen atoms in total. The Balaban J connectivity index is 0.00000157. The van der Waals surface area contributed by atoms with E-state index in [4.69, 9.17) is 4.74 Å². The Morgan fingerprint density at radius 2 is 2.12 bits per heavy atom. The van der Waals surface area contributed by atoms with Crippen molar-refractivity contribution in [3.8, 4) is 5.75 Å². The predicted molar refractivity (Wildman–Crippen MR) is 99.0 cm³/mol. The van der Waals surface area contributed by atoms with E-state index in [1.54, 1.807) is 0 Å². The highest BCUT2D eigenvalue weighted by molar-refractivity contribution is 6.09. The number of benzene rings is 1. The van der Waals surface area contributed by atoms with Gasteiger partial charge in [-0.15, -0.1) is 12.4 Å². The highest BCUT2D eigenvalue weighted by atomic mass is 35.5. The summed E-state index contributed by atoms with van der Waals surface area (Å²) in [7, 11) is 0. The van der Waals surface area contributed by atoms with E-state index in [0.717, 1.165) is 43.3 Å². The molecule has 0 unspecified atom stereocenters. The van der Waals surface area contributed by atoms with Gasteiger partial charge in [-0.3, -0.25) is 4.79 Å². The van der Waals surface area contributed by atoms with Crippen LogP contribution in [0, 0.1) is 0 Å². The maximum absolute atomic E-state index is 12.1. The molecule has 8 heteroatoms. The van der Waals surface area contributed by atoms with E-state index in [1.165, 1.54) is 11.3 Å². The molecule has 1 aromatic rings. The van der Waals surface area contributed by atoms with Crippen LogP contribution in [0.25, 0.3) is 0 Å². The number of carbonyl (C=O) groups is 1. The van der Waals surface area contributed by atoms with Crippen LogP contribution < -0.4 is 25.3 Å². The van der Waals surface area contributed by atoms with Gasteiger partial charge in [-0.25, -0.2) is 5.43 Å². The van der Waals surface area contributed by atoms with Gasteiger partial charge in [0.15, 0.2) is 5.84 Å². The first kappa shape index (κ1) is 16.5.